The van der Waals surface area contributed by atoms with Crippen LogP contribution >= 0.6 is 0 Å². The van der Waals surface area contributed by atoms with Crippen LogP contribution in [0, 0.1) is 6.92 Å². The predicted molar refractivity (Wildman–Crippen MR) is 102 cm³/mol. The molecule has 2 aromatic rings. The molecular weight excluding hydrogens is 330 g/mol. The molecule has 5 heteroatoms. The van der Waals surface area contributed by atoms with Crippen molar-refractivity contribution in [3.05, 3.63) is 58.7 Å². The first-order valence-corrected chi connectivity index (χ1v) is 8.72. The van der Waals surface area contributed by atoms with Gasteiger partial charge in [-0.2, -0.15) is 0 Å². The lowest BCUT2D eigenvalue weighted by molar-refractivity contribution is -0.119. The number of para-hydroxylation sites is 1. The number of methoxy groups -OCH3 is 1. The number of nitrogens with one attached hydrogen (secondary N) is 1. The summed E-state index contributed by atoms with van der Waals surface area (Å²) in [7, 11) is 1.54. The minimum absolute atomic E-state index is 0.337. The highest BCUT2D eigenvalue weighted by atomic mass is 16.5. The molecule has 0 aliphatic carbocycles. The standard InChI is InChI=1S/C21H25NO4/c1-5-15-8-7-9-16(6-2)20(15)22-19(23)13-26-21(24)17-11-10-14(3)18(12-17)25-4/h7-12H,5-6,13H2,1-4H3,(H,22,23). The predicted octanol–water partition coefficient (Wildman–Crippen LogP) is 3.92. The van der Waals surface area contributed by atoms with E-state index >= 15 is 0 Å². The van der Waals surface area contributed by atoms with Gasteiger partial charge in [0.25, 0.3) is 5.91 Å². The molecule has 0 spiro atoms. The van der Waals surface area contributed by atoms with Crippen molar-refractivity contribution >= 4 is 17.6 Å². The molecule has 0 saturated heterocycles. The number of benzene rings is 2. The van der Waals surface area contributed by atoms with Gasteiger partial charge >= 0.3 is 5.97 Å². The number of anilines is 1. The third kappa shape index (κ3) is 4.63. The molecule has 0 aliphatic heterocycles. The van der Waals surface area contributed by atoms with Crippen LogP contribution in [-0.2, 0) is 22.4 Å². The van der Waals surface area contributed by atoms with Crippen molar-refractivity contribution < 1.29 is 19.1 Å². The molecule has 1 N–H and O–H groups in total. The van der Waals surface area contributed by atoms with E-state index in [0.29, 0.717) is 11.3 Å². The van der Waals surface area contributed by atoms with Crippen LogP contribution in [0.3, 0.4) is 0 Å². The Labute approximate surface area is 154 Å². The molecule has 5 nitrogen and oxygen atoms in total. The second kappa shape index (κ2) is 9.04. The lowest BCUT2D eigenvalue weighted by atomic mass is 10.0. The molecule has 0 unspecified atom stereocenters. The fourth-order valence-corrected chi connectivity index (χ4v) is 2.74. The lowest BCUT2D eigenvalue weighted by Crippen LogP contribution is -2.22. The van der Waals surface area contributed by atoms with E-state index in [1.165, 1.54) is 0 Å². The van der Waals surface area contributed by atoms with E-state index in [0.717, 1.165) is 35.2 Å². The second-order valence-electron chi connectivity index (χ2n) is 5.97. The van der Waals surface area contributed by atoms with E-state index in [4.69, 9.17) is 9.47 Å². The molecule has 0 fully saturated rings. The molecule has 0 heterocycles. The number of carbonyl (C=O) groups excluding carboxylic acids is 2. The summed E-state index contributed by atoms with van der Waals surface area (Å²) in [4.78, 5) is 24.4. The molecule has 0 aromatic heterocycles. The lowest BCUT2D eigenvalue weighted by Gasteiger charge is -2.14. The van der Waals surface area contributed by atoms with Crippen molar-refractivity contribution in [1.82, 2.24) is 0 Å². The third-order valence-electron chi connectivity index (χ3n) is 4.24. The van der Waals surface area contributed by atoms with E-state index in [2.05, 4.69) is 5.32 Å². The Kier molecular flexibility index (Phi) is 6.78. The molecule has 2 aromatic carbocycles. The van der Waals surface area contributed by atoms with Crippen LogP contribution in [0.1, 0.15) is 40.9 Å². The number of amides is 1. The van der Waals surface area contributed by atoms with Crippen LogP contribution in [0.5, 0.6) is 5.75 Å². The van der Waals surface area contributed by atoms with Gasteiger partial charge in [-0.3, -0.25) is 4.79 Å². The molecule has 26 heavy (non-hydrogen) atoms. The first-order chi connectivity index (χ1) is 12.5. The van der Waals surface area contributed by atoms with Crippen LogP contribution in [-0.4, -0.2) is 25.6 Å². The largest absolute Gasteiger partial charge is 0.496 e. The first-order valence-electron chi connectivity index (χ1n) is 8.72. The number of hydrogen-bond acceptors (Lipinski definition) is 4. The Morgan fingerprint density at radius 2 is 1.69 bits per heavy atom. The van der Waals surface area contributed by atoms with Gasteiger partial charge in [-0.15, -0.1) is 0 Å². The van der Waals surface area contributed by atoms with Crippen LogP contribution in [0.2, 0.25) is 0 Å². The Balaban J connectivity index is 2.02. The van der Waals surface area contributed by atoms with Gasteiger partial charge in [-0.05, 0) is 48.6 Å². The molecular formula is C21H25NO4. The van der Waals surface area contributed by atoms with Gasteiger partial charge in [0.2, 0.25) is 0 Å². The zero-order valence-electron chi connectivity index (χ0n) is 15.7. The maximum absolute atomic E-state index is 12.2. The maximum Gasteiger partial charge on any atom is 0.338 e. The fourth-order valence-electron chi connectivity index (χ4n) is 2.74. The van der Waals surface area contributed by atoms with E-state index in [1.807, 2.05) is 39.0 Å². The topological polar surface area (TPSA) is 64.6 Å². The number of rotatable bonds is 7. The summed E-state index contributed by atoms with van der Waals surface area (Å²) in [5.74, 6) is -0.306. The Bertz CT molecular complexity index is 776. The molecule has 0 radical (unpaired) electrons. The summed E-state index contributed by atoms with van der Waals surface area (Å²) in [5, 5.41) is 2.88. The van der Waals surface area contributed by atoms with E-state index in [1.54, 1.807) is 25.3 Å². The first kappa shape index (κ1) is 19.5. The summed E-state index contributed by atoms with van der Waals surface area (Å²) < 4.78 is 10.3. The van der Waals surface area contributed by atoms with Crippen LogP contribution < -0.4 is 10.1 Å². The van der Waals surface area contributed by atoms with Gasteiger partial charge in [-0.1, -0.05) is 38.1 Å². The highest BCUT2D eigenvalue weighted by Crippen LogP contribution is 2.23. The fraction of sp³-hybridized carbons (Fsp3) is 0.333. The molecule has 1 amide bonds. The normalized spacial score (nSPS) is 10.3. The van der Waals surface area contributed by atoms with Crippen LogP contribution in [0.15, 0.2) is 36.4 Å². The van der Waals surface area contributed by atoms with Crippen molar-refractivity contribution in [2.24, 2.45) is 0 Å². The smallest absolute Gasteiger partial charge is 0.338 e. The van der Waals surface area contributed by atoms with Crippen molar-refractivity contribution in [2.45, 2.75) is 33.6 Å². The van der Waals surface area contributed by atoms with Crippen molar-refractivity contribution in [1.29, 1.82) is 0 Å². The number of carbonyl (C=O) groups is 2. The summed E-state index contributed by atoms with van der Waals surface area (Å²) in [5.41, 5.74) is 4.21. The average molecular weight is 355 g/mol. The number of ether oxygens (including phenoxy) is 2. The van der Waals surface area contributed by atoms with Gasteiger partial charge in [0.15, 0.2) is 6.61 Å². The van der Waals surface area contributed by atoms with Crippen molar-refractivity contribution in [3.63, 3.8) is 0 Å². The Morgan fingerprint density at radius 3 is 2.27 bits per heavy atom. The van der Waals surface area contributed by atoms with Crippen LogP contribution in [0.4, 0.5) is 5.69 Å². The SMILES string of the molecule is CCc1cccc(CC)c1NC(=O)COC(=O)c1ccc(C)c(OC)c1. The molecule has 0 atom stereocenters. The summed E-state index contributed by atoms with van der Waals surface area (Å²) in [6.45, 7) is 5.62. The van der Waals surface area contributed by atoms with Gasteiger partial charge in [0, 0.05) is 5.69 Å². The minimum Gasteiger partial charge on any atom is -0.496 e. The van der Waals surface area contributed by atoms with E-state index < -0.39 is 5.97 Å². The summed E-state index contributed by atoms with van der Waals surface area (Å²) in [6, 6.07) is 11.0. The van der Waals surface area contributed by atoms with Crippen molar-refractivity contribution in [3.8, 4) is 5.75 Å². The number of aryl methyl sites for hydroxylation is 3. The van der Waals surface area contributed by atoms with Crippen LogP contribution in [0.25, 0.3) is 0 Å². The molecule has 2 rings (SSSR count). The molecule has 0 bridgehead atoms. The zero-order chi connectivity index (χ0) is 19.1. The quantitative estimate of drug-likeness (QED) is 0.765. The monoisotopic (exact) mass is 355 g/mol. The highest BCUT2D eigenvalue weighted by Gasteiger charge is 2.14. The summed E-state index contributed by atoms with van der Waals surface area (Å²) in [6.07, 6.45) is 1.62. The van der Waals surface area contributed by atoms with Gasteiger partial charge in [-0.25, -0.2) is 4.79 Å². The van der Waals surface area contributed by atoms with E-state index in [9.17, 15) is 9.59 Å². The van der Waals surface area contributed by atoms with E-state index in [-0.39, 0.29) is 12.5 Å². The Hall–Kier alpha value is -2.82. The number of hydrogen-bond donors (Lipinski definition) is 1. The second-order valence-corrected chi connectivity index (χ2v) is 5.97. The Morgan fingerprint density at radius 1 is 1.04 bits per heavy atom. The zero-order valence-corrected chi connectivity index (χ0v) is 15.7. The van der Waals surface area contributed by atoms with Gasteiger partial charge < -0.3 is 14.8 Å². The minimum atomic E-state index is -0.557. The maximum atomic E-state index is 12.2. The average Bonchev–Trinajstić information content (AvgIpc) is 2.66. The third-order valence-corrected chi connectivity index (χ3v) is 4.24. The molecule has 0 saturated carbocycles. The van der Waals surface area contributed by atoms with Gasteiger partial charge in [0.1, 0.15) is 5.75 Å². The van der Waals surface area contributed by atoms with Crippen molar-refractivity contribution in [2.75, 3.05) is 19.0 Å². The molecule has 0 aliphatic rings. The molecule has 138 valence electrons. The highest BCUT2D eigenvalue weighted by molar-refractivity contribution is 5.96. The number of esters is 1. The van der Waals surface area contributed by atoms with Gasteiger partial charge in [0.05, 0.1) is 12.7 Å². The summed E-state index contributed by atoms with van der Waals surface area (Å²) >= 11 is 0.